The fourth-order valence-corrected chi connectivity index (χ4v) is 2.19. The van der Waals surface area contributed by atoms with Crippen molar-refractivity contribution >= 4 is 17.9 Å². The SMILES string of the molecule is CC(CNC(=O)NC(=O)CCC(=O)O)CN1CCCC1. The van der Waals surface area contributed by atoms with Crippen LogP contribution in [0.3, 0.4) is 0 Å². The first-order chi connectivity index (χ1) is 9.47. The van der Waals surface area contributed by atoms with Gasteiger partial charge in [-0.2, -0.15) is 0 Å². The monoisotopic (exact) mass is 285 g/mol. The molecule has 1 saturated heterocycles. The summed E-state index contributed by atoms with van der Waals surface area (Å²) >= 11 is 0. The Morgan fingerprint density at radius 1 is 1.20 bits per heavy atom. The van der Waals surface area contributed by atoms with Crippen LogP contribution in [0.5, 0.6) is 0 Å². The molecule has 1 atom stereocenters. The van der Waals surface area contributed by atoms with E-state index in [-0.39, 0.29) is 12.8 Å². The first-order valence-corrected chi connectivity index (χ1v) is 6.99. The van der Waals surface area contributed by atoms with Crippen molar-refractivity contribution in [3.8, 4) is 0 Å². The number of amides is 3. The van der Waals surface area contributed by atoms with E-state index in [1.807, 2.05) is 6.92 Å². The second-order valence-electron chi connectivity index (χ2n) is 5.26. The van der Waals surface area contributed by atoms with Gasteiger partial charge in [0.1, 0.15) is 0 Å². The van der Waals surface area contributed by atoms with Gasteiger partial charge in [0.25, 0.3) is 0 Å². The van der Waals surface area contributed by atoms with Crippen molar-refractivity contribution in [3.63, 3.8) is 0 Å². The van der Waals surface area contributed by atoms with Gasteiger partial charge in [-0.3, -0.25) is 14.9 Å². The minimum Gasteiger partial charge on any atom is -0.481 e. The molecule has 1 heterocycles. The number of carbonyl (C=O) groups excluding carboxylic acids is 2. The van der Waals surface area contributed by atoms with E-state index in [0.717, 1.165) is 19.6 Å². The molecule has 7 nitrogen and oxygen atoms in total. The normalized spacial score (nSPS) is 16.6. The molecule has 0 spiro atoms. The van der Waals surface area contributed by atoms with E-state index in [4.69, 9.17) is 5.11 Å². The highest BCUT2D eigenvalue weighted by Crippen LogP contribution is 2.09. The van der Waals surface area contributed by atoms with Crippen LogP contribution in [-0.4, -0.2) is 54.1 Å². The molecule has 1 aliphatic rings. The van der Waals surface area contributed by atoms with Crippen molar-refractivity contribution in [2.45, 2.75) is 32.6 Å². The van der Waals surface area contributed by atoms with E-state index in [0.29, 0.717) is 12.5 Å². The molecule has 114 valence electrons. The van der Waals surface area contributed by atoms with Gasteiger partial charge in [0.2, 0.25) is 5.91 Å². The highest BCUT2D eigenvalue weighted by atomic mass is 16.4. The second-order valence-corrected chi connectivity index (χ2v) is 5.26. The largest absolute Gasteiger partial charge is 0.481 e. The standard InChI is InChI=1S/C13H23N3O4/c1-10(9-16-6-2-3-7-16)8-14-13(20)15-11(17)4-5-12(18)19/h10H,2-9H2,1H3,(H,18,19)(H2,14,15,17,20). The number of carboxylic acid groups (broad SMARTS) is 1. The summed E-state index contributed by atoms with van der Waals surface area (Å²) in [6, 6.07) is -0.561. The first-order valence-electron chi connectivity index (χ1n) is 6.99. The summed E-state index contributed by atoms with van der Waals surface area (Å²) in [7, 11) is 0. The highest BCUT2D eigenvalue weighted by molar-refractivity contribution is 5.95. The first kappa shape index (κ1) is 16.4. The van der Waals surface area contributed by atoms with Crippen LogP contribution in [0.2, 0.25) is 0 Å². The van der Waals surface area contributed by atoms with Gasteiger partial charge in [-0.25, -0.2) is 4.79 Å². The van der Waals surface area contributed by atoms with Gasteiger partial charge < -0.3 is 15.3 Å². The van der Waals surface area contributed by atoms with Gasteiger partial charge in [-0.15, -0.1) is 0 Å². The van der Waals surface area contributed by atoms with Crippen LogP contribution in [0, 0.1) is 5.92 Å². The quantitative estimate of drug-likeness (QED) is 0.629. The Labute approximate surface area is 118 Å². The Balaban J connectivity index is 2.11. The van der Waals surface area contributed by atoms with E-state index >= 15 is 0 Å². The molecule has 0 saturated carbocycles. The molecular formula is C13H23N3O4. The predicted octanol–water partition coefficient (Wildman–Crippen LogP) is 0.409. The van der Waals surface area contributed by atoms with Gasteiger partial charge >= 0.3 is 12.0 Å². The molecule has 1 fully saturated rings. The minimum atomic E-state index is -1.06. The van der Waals surface area contributed by atoms with Gasteiger partial charge in [0, 0.05) is 19.5 Å². The van der Waals surface area contributed by atoms with E-state index < -0.39 is 17.9 Å². The number of nitrogens with one attached hydrogen (secondary N) is 2. The molecule has 1 aliphatic heterocycles. The lowest BCUT2D eigenvalue weighted by atomic mass is 10.1. The lowest BCUT2D eigenvalue weighted by Gasteiger charge is -2.20. The number of likely N-dealkylation sites (tertiary alicyclic amines) is 1. The summed E-state index contributed by atoms with van der Waals surface area (Å²) in [6.07, 6.45) is 2.01. The van der Waals surface area contributed by atoms with Crippen LogP contribution in [0.25, 0.3) is 0 Å². The summed E-state index contributed by atoms with van der Waals surface area (Å²) in [4.78, 5) is 35.3. The zero-order chi connectivity index (χ0) is 15.0. The second kappa shape index (κ2) is 8.52. The number of hydrogen-bond donors (Lipinski definition) is 3. The number of imide groups is 1. The maximum atomic E-state index is 11.4. The predicted molar refractivity (Wildman–Crippen MR) is 73.2 cm³/mol. The van der Waals surface area contributed by atoms with Crippen molar-refractivity contribution in [1.82, 2.24) is 15.5 Å². The molecule has 0 aliphatic carbocycles. The number of hydrogen-bond acceptors (Lipinski definition) is 4. The van der Waals surface area contributed by atoms with Crippen molar-refractivity contribution < 1.29 is 19.5 Å². The smallest absolute Gasteiger partial charge is 0.321 e. The third kappa shape index (κ3) is 7.08. The summed E-state index contributed by atoms with van der Waals surface area (Å²) in [6.45, 7) is 5.71. The molecule has 3 amide bonds. The van der Waals surface area contributed by atoms with Crippen LogP contribution in [0.4, 0.5) is 4.79 Å². The van der Waals surface area contributed by atoms with Crippen LogP contribution < -0.4 is 10.6 Å². The van der Waals surface area contributed by atoms with Crippen molar-refractivity contribution in [2.24, 2.45) is 5.92 Å². The summed E-state index contributed by atoms with van der Waals surface area (Å²) in [5.41, 5.74) is 0. The van der Waals surface area contributed by atoms with E-state index in [1.54, 1.807) is 0 Å². The molecule has 0 radical (unpaired) electrons. The van der Waals surface area contributed by atoms with Gasteiger partial charge in [-0.05, 0) is 31.8 Å². The lowest BCUT2D eigenvalue weighted by Crippen LogP contribution is -2.42. The highest BCUT2D eigenvalue weighted by Gasteiger charge is 2.15. The third-order valence-corrected chi connectivity index (χ3v) is 3.20. The lowest BCUT2D eigenvalue weighted by molar-refractivity contribution is -0.138. The number of carbonyl (C=O) groups is 3. The maximum absolute atomic E-state index is 11.4. The fraction of sp³-hybridized carbons (Fsp3) is 0.769. The summed E-state index contributed by atoms with van der Waals surface area (Å²) < 4.78 is 0. The van der Waals surface area contributed by atoms with Gasteiger partial charge in [0.15, 0.2) is 0 Å². The molecule has 0 aromatic rings. The van der Waals surface area contributed by atoms with E-state index in [9.17, 15) is 14.4 Å². The Kier molecular flexibility index (Phi) is 7.00. The molecule has 1 unspecified atom stereocenters. The molecule has 7 heteroatoms. The summed E-state index contributed by atoms with van der Waals surface area (Å²) in [5.74, 6) is -1.31. The molecule has 1 rings (SSSR count). The van der Waals surface area contributed by atoms with E-state index in [2.05, 4.69) is 15.5 Å². The molecule has 0 aromatic heterocycles. The maximum Gasteiger partial charge on any atom is 0.321 e. The van der Waals surface area contributed by atoms with Crippen molar-refractivity contribution in [2.75, 3.05) is 26.2 Å². The molecule has 3 N–H and O–H groups in total. The number of nitrogens with zero attached hydrogens (tertiary/aromatic N) is 1. The number of urea groups is 1. The average molecular weight is 285 g/mol. The molecule has 20 heavy (non-hydrogen) atoms. The Hall–Kier alpha value is -1.63. The number of carboxylic acids is 1. The van der Waals surface area contributed by atoms with Crippen LogP contribution in [-0.2, 0) is 9.59 Å². The Morgan fingerprint density at radius 2 is 1.85 bits per heavy atom. The van der Waals surface area contributed by atoms with Crippen molar-refractivity contribution in [3.05, 3.63) is 0 Å². The summed E-state index contributed by atoms with van der Waals surface area (Å²) in [5, 5.41) is 13.2. The molecule has 0 aromatic carbocycles. The third-order valence-electron chi connectivity index (χ3n) is 3.20. The number of aliphatic carboxylic acids is 1. The van der Waals surface area contributed by atoms with Crippen LogP contribution in [0.15, 0.2) is 0 Å². The topological polar surface area (TPSA) is 98.7 Å². The Bertz CT molecular complexity index is 354. The minimum absolute atomic E-state index is 0.188. The molecule has 0 bridgehead atoms. The number of rotatable bonds is 7. The molecular weight excluding hydrogens is 262 g/mol. The zero-order valence-electron chi connectivity index (χ0n) is 11.9. The van der Waals surface area contributed by atoms with Gasteiger partial charge in [-0.1, -0.05) is 6.92 Å². The van der Waals surface area contributed by atoms with Crippen LogP contribution in [0.1, 0.15) is 32.6 Å². The fourth-order valence-electron chi connectivity index (χ4n) is 2.19. The van der Waals surface area contributed by atoms with Crippen molar-refractivity contribution in [1.29, 1.82) is 0 Å². The zero-order valence-corrected chi connectivity index (χ0v) is 11.9. The Morgan fingerprint density at radius 3 is 2.45 bits per heavy atom. The average Bonchev–Trinajstić information content (AvgIpc) is 2.86. The van der Waals surface area contributed by atoms with Crippen LogP contribution >= 0.6 is 0 Å². The van der Waals surface area contributed by atoms with Gasteiger partial charge in [0.05, 0.1) is 6.42 Å². The van der Waals surface area contributed by atoms with E-state index in [1.165, 1.54) is 12.8 Å².